The van der Waals surface area contributed by atoms with E-state index in [9.17, 15) is 0 Å². The van der Waals surface area contributed by atoms with Crippen LogP contribution < -0.4 is 0 Å². The Balaban J connectivity index is 2.05. The number of hydrogen-bond acceptors (Lipinski definition) is 0. The lowest BCUT2D eigenvalue weighted by Crippen LogP contribution is -1.84. The minimum atomic E-state index is 1.27. The summed E-state index contributed by atoms with van der Waals surface area (Å²) in [5.41, 5.74) is 5.19. The van der Waals surface area contributed by atoms with Crippen LogP contribution in [0.3, 0.4) is 0 Å². The van der Waals surface area contributed by atoms with Gasteiger partial charge in [0.25, 0.3) is 0 Å². The summed E-state index contributed by atoms with van der Waals surface area (Å²) < 4.78 is 2.49. The summed E-state index contributed by atoms with van der Waals surface area (Å²) in [5, 5.41) is 7.85. The van der Waals surface area contributed by atoms with Gasteiger partial charge in [-0.05, 0) is 17.9 Å². The molecule has 0 fully saturated rings. The quantitative estimate of drug-likeness (QED) is 0.266. The van der Waals surface area contributed by atoms with Gasteiger partial charge in [-0.2, -0.15) is 0 Å². The summed E-state index contributed by atoms with van der Waals surface area (Å²) >= 11 is 0. The van der Waals surface area contributed by atoms with Gasteiger partial charge in [0.1, 0.15) is 0 Å². The maximum Gasteiger partial charge on any atom is 0.0620 e. The van der Waals surface area contributed by atoms with Crippen molar-refractivity contribution in [1.82, 2.24) is 4.40 Å². The lowest BCUT2D eigenvalue weighted by atomic mass is 10.0. The zero-order chi connectivity index (χ0) is 18.7. The van der Waals surface area contributed by atoms with Gasteiger partial charge < -0.3 is 4.40 Å². The average Bonchev–Trinajstić information content (AvgIpc) is 3.24. The van der Waals surface area contributed by atoms with Crippen LogP contribution in [0.15, 0.2) is 97.1 Å². The minimum absolute atomic E-state index is 1.27. The Morgan fingerprint density at radius 1 is 0.429 bits per heavy atom. The van der Waals surface area contributed by atoms with Crippen molar-refractivity contribution >= 4 is 48.9 Å². The highest BCUT2D eigenvalue weighted by molar-refractivity contribution is 6.27. The molecule has 2 aromatic heterocycles. The van der Waals surface area contributed by atoms with E-state index in [0.29, 0.717) is 0 Å². The molecule has 0 saturated heterocycles. The van der Waals surface area contributed by atoms with Crippen molar-refractivity contribution in [3.05, 3.63) is 103 Å². The monoisotopic (exact) mass is 357 g/mol. The van der Waals surface area contributed by atoms with Crippen LogP contribution in [-0.2, 0) is 0 Å². The smallest absolute Gasteiger partial charge is 0.0620 e. The van der Waals surface area contributed by atoms with Crippen molar-refractivity contribution in [2.24, 2.45) is 0 Å². The summed E-state index contributed by atoms with van der Waals surface area (Å²) in [6.07, 6.45) is 0. The molecule has 6 aromatic rings. The predicted molar refractivity (Wildman–Crippen MR) is 121 cm³/mol. The van der Waals surface area contributed by atoms with Crippen LogP contribution in [0.4, 0.5) is 0 Å². The first-order chi connectivity index (χ1) is 13.8. The van der Waals surface area contributed by atoms with Gasteiger partial charge >= 0.3 is 0 Å². The Kier molecular flexibility index (Phi) is 3.15. The number of hydrogen-bond donors (Lipinski definition) is 0. The van der Waals surface area contributed by atoms with Crippen molar-refractivity contribution < 1.29 is 0 Å². The molecule has 0 N–H and O–H groups in total. The van der Waals surface area contributed by atoms with Crippen LogP contribution in [0.1, 0.15) is 5.56 Å². The normalized spacial score (nSPS) is 11.8. The molecule has 4 aromatic carbocycles. The molecule has 0 radical (unpaired) electrons. The Bertz CT molecular complexity index is 1570. The molecule has 6 rings (SSSR count). The van der Waals surface area contributed by atoms with Crippen molar-refractivity contribution in [2.75, 3.05) is 0 Å². The van der Waals surface area contributed by atoms with Crippen LogP contribution in [0.2, 0.25) is 0 Å². The van der Waals surface area contributed by atoms with Gasteiger partial charge in [0.05, 0.1) is 16.6 Å². The fraction of sp³-hybridized carbons (Fsp3) is 0.0370. The second kappa shape index (κ2) is 5.71. The van der Waals surface area contributed by atoms with Crippen molar-refractivity contribution in [2.45, 2.75) is 6.92 Å². The van der Waals surface area contributed by atoms with Crippen LogP contribution >= 0.6 is 0 Å². The van der Waals surface area contributed by atoms with E-state index in [-0.39, 0.29) is 0 Å². The first-order valence-corrected chi connectivity index (χ1v) is 9.73. The Labute approximate surface area is 163 Å². The fourth-order valence-electron chi connectivity index (χ4n) is 4.70. The molecule has 28 heavy (non-hydrogen) atoms. The highest BCUT2D eigenvalue weighted by atomic mass is 14.9. The van der Waals surface area contributed by atoms with Crippen LogP contribution in [0.25, 0.3) is 48.9 Å². The summed E-state index contributed by atoms with van der Waals surface area (Å²) in [6, 6.07) is 34.9. The zero-order valence-electron chi connectivity index (χ0n) is 15.7. The first-order valence-electron chi connectivity index (χ1n) is 9.73. The SMILES string of the molecule is Cc1cccccccc2c3cccc4c5ccc6ccccc6c5n(c12)c34. The van der Waals surface area contributed by atoms with E-state index in [2.05, 4.69) is 108 Å². The van der Waals surface area contributed by atoms with Crippen molar-refractivity contribution in [3.63, 3.8) is 0 Å². The van der Waals surface area contributed by atoms with Gasteiger partial charge in [0, 0.05) is 26.9 Å². The molecule has 132 valence electrons. The Morgan fingerprint density at radius 3 is 1.82 bits per heavy atom. The van der Waals surface area contributed by atoms with E-state index in [0.717, 1.165) is 0 Å². The number of nitrogens with zero attached hydrogens (tertiary/aromatic N) is 1. The van der Waals surface area contributed by atoms with E-state index in [1.54, 1.807) is 0 Å². The zero-order valence-corrected chi connectivity index (χ0v) is 15.7. The summed E-state index contributed by atoms with van der Waals surface area (Å²) in [6.45, 7) is 2.22. The van der Waals surface area contributed by atoms with E-state index in [4.69, 9.17) is 0 Å². The molecule has 0 atom stereocenters. The molecule has 0 bridgehead atoms. The maximum atomic E-state index is 2.49. The summed E-state index contributed by atoms with van der Waals surface area (Å²) in [5.74, 6) is 0. The molecule has 0 saturated carbocycles. The highest BCUT2D eigenvalue weighted by Crippen LogP contribution is 2.41. The number of aromatic nitrogens is 1. The van der Waals surface area contributed by atoms with Gasteiger partial charge in [-0.1, -0.05) is 97.1 Å². The minimum Gasteiger partial charge on any atom is -0.307 e. The predicted octanol–water partition coefficient (Wildman–Crippen LogP) is 7.42. The maximum absolute atomic E-state index is 2.49. The van der Waals surface area contributed by atoms with Crippen molar-refractivity contribution in [1.29, 1.82) is 0 Å². The molecule has 0 aliphatic rings. The van der Waals surface area contributed by atoms with E-state index in [1.165, 1.54) is 54.4 Å². The number of fused-ring (bicyclic) bond motifs is 8. The molecular weight excluding hydrogens is 338 g/mol. The van der Waals surface area contributed by atoms with E-state index >= 15 is 0 Å². The lowest BCUT2D eigenvalue weighted by molar-refractivity contribution is 1.35. The van der Waals surface area contributed by atoms with Gasteiger partial charge in [0.2, 0.25) is 0 Å². The molecule has 0 spiro atoms. The molecule has 0 amide bonds. The lowest BCUT2D eigenvalue weighted by Gasteiger charge is -2.03. The largest absolute Gasteiger partial charge is 0.307 e. The first kappa shape index (κ1) is 15.5. The van der Waals surface area contributed by atoms with Gasteiger partial charge in [-0.25, -0.2) is 0 Å². The third kappa shape index (κ3) is 1.96. The van der Waals surface area contributed by atoms with Crippen molar-refractivity contribution in [3.8, 4) is 0 Å². The number of rotatable bonds is 0. The number of para-hydroxylation sites is 1. The molecule has 1 heteroatoms. The van der Waals surface area contributed by atoms with Crippen LogP contribution in [-0.4, -0.2) is 4.40 Å². The molecule has 1 nitrogen and oxygen atoms in total. The second-order valence-electron chi connectivity index (χ2n) is 7.46. The van der Waals surface area contributed by atoms with Gasteiger partial charge in [0.15, 0.2) is 0 Å². The standard InChI is InChI=1S/C27H19N/c1-18-10-5-3-2-4-6-13-21-22-14-9-15-23-24-17-16-19-11-7-8-12-20(19)26(24)28(25(18)21)27(22)23/h2-17H,1H3. The average molecular weight is 357 g/mol. The summed E-state index contributed by atoms with van der Waals surface area (Å²) in [4.78, 5) is 0. The summed E-state index contributed by atoms with van der Waals surface area (Å²) in [7, 11) is 0. The number of benzene rings is 3. The van der Waals surface area contributed by atoms with E-state index in [1.807, 2.05) is 0 Å². The third-order valence-electron chi connectivity index (χ3n) is 5.87. The van der Waals surface area contributed by atoms with Gasteiger partial charge in [-0.15, -0.1) is 0 Å². The van der Waals surface area contributed by atoms with Crippen LogP contribution in [0.5, 0.6) is 0 Å². The third-order valence-corrected chi connectivity index (χ3v) is 5.87. The van der Waals surface area contributed by atoms with Gasteiger partial charge in [-0.3, -0.25) is 0 Å². The molecular formula is C27H19N. The Morgan fingerprint density at radius 2 is 0.964 bits per heavy atom. The molecule has 2 heterocycles. The fourth-order valence-corrected chi connectivity index (χ4v) is 4.70. The van der Waals surface area contributed by atoms with Crippen LogP contribution in [0, 0.1) is 6.92 Å². The second-order valence-corrected chi connectivity index (χ2v) is 7.46. The molecule has 0 unspecified atom stereocenters. The molecule has 0 aliphatic heterocycles. The number of aryl methyl sites for hydroxylation is 1. The van der Waals surface area contributed by atoms with E-state index < -0.39 is 0 Å². The molecule has 0 aliphatic carbocycles. The Hall–Kier alpha value is -3.58. The topological polar surface area (TPSA) is 4.41 Å². The highest BCUT2D eigenvalue weighted by Gasteiger charge is 2.18.